The van der Waals surface area contributed by atoms with Crippen LogP contribution in [0.25, 0.3) is 0 Å². The van der Waals surface area contributed by atoms with Crippen LogP contribution >= 0.6 is 0 Å². The molecule has 1 unspecified atom stereocenters. The standard InChI is InChI=1S/C19H26N4O/c1-2-5-16(6-3-1)14-22-9-8-18-11-17(21-23(18)15-22)12-20-13-19-7-4-10-24-19/h1-3,5-6,11,19-20H,4,7-10,12-15H2. The van der Waals surface area contributed by atoms with Crippen molar-refractivity contribution in [3.05, 3.63) is 53.3 Å². The van der Waals surface area contributed by atoms with Gasteiger partial charge in [0.2, 0.25) is 0 Å². The van der Waals surface area contributed by atoms with Gasteiger partial charge in [0.25, 0.3) is 0 Å². The normalized spacial score (nSPS) is 21.1. The third-order valence-electron chi connectivity index (χ3n) is 4.88. The zero-order valence-electron chi connectivity index (χ0n) is 14.2. The second kappa shape index (κ2) is 7.47. The summed E-state index contributed by atoms with van der Waals surface area (Å²) < 4.78 is 7.81. The molecule has 1 N–H and O–H groups in total. The van der Waals surface area contributed by atoms with E-state index in [0.29, 0.717) is 6.10 Å². The van der Waals surface area contributed by atoms with Crippen molar-refractivity contribution in [2.45, 2.75) is 45.1 Å². The van der Waals surface area contributed by atoms with Crippen molar-refractivity contribution < 1.29 is 4.74 Å². The van der Waals surface area contributed by atoms with E-state index in [2.05, 4.69) is 51.3 Å². The molecule has 1 atom stereocenters. The predicted molar refractivity (Wildman–Crippen MR) is 93.5 cm³/mol. The van der Waals surface area contributed by atoms with Gasteiger partial charge >= 0.3 is 0 Å². The lowest BCUT2D eigenvalue weighted by atomic mass is 10.2. The van der Waals surface area contributed by atoms with Gasteiger partial charge in [0, 0.05) is 44.9 Å². The maximum atomic E-state index is 5.65. The van der Waals surface area contributed by atoms with Crippen molar-refractivity contribution in [1.29, 1.82) is 0 Å². The summed E-state index contributed by atoms with van der Waals surface area (Å²) in [5.41, 5.74) is 3.87. The SMILES string of the molecule is c1ccc(CN2CCc3cc(CNCC4CCCO4)nn3C2)cc1. The summed E-state index contributed by atoms with van der Waals surface area (Å²) in [6.45, 7) is 5.66. The van der Waals surface area contributed by atoms with Crippen LogP contribution in [0.15, 0.2) is 36.4 Å². The summed E-state index contributed by atoms with van der Waals surface area (Å²) in [4.78, 5) is 2.46. The number of ether oxygens (including phenoxy) is 1. The monoisotopic (exact) mass is 326 g/mol. The van der Waals surface area contributed by atoms with Gasteiger partial charge < -0.3 is 10.1 Å². The van der Waals surface area contributed by atoms with Crippen LogP contribution < -0.4 is 5.32 Å². The van der Waals surface area contributed by atoms with Crippen molar-refractivity contribution in [3.8, 4) is 0 Å². The summed E-state index contributed by atoms with van der Waals surface area (Å²) in [5.74, 6) is 0. The molecule has 3 heterocycles. The minimum Gasteiger partial charge on any atom is -0.377 e. The highest BCUT2D eigenvalue weighted by Crippen LogP contribution is 2.16. The highest BCUT2D eigenvalue weighted by atomic mass is 16.5. The van der Waals surface area contributed by atoms with Crippen LogP contribution in [0.5, 0.6) is 0 Å². The molecule has 1 aromatic heterocycles. The van der Waals surface area contributed by atoms with Crippen LogP contribution in [0.2, 0.25) is 0 Å². The Hall–Kier alpha value is -1.69. The Kier molecular flexibility index (Phi) is 4.92. The molecular weight excluding hydrogens is 300 g/mol. The fourth-order valence-electron chi connectivity index (χ4n) is 3.60. The Morgan fingerprint density at radius 1 is 1.25 bits per heavy atom. The Morgan fingerprint density at radius 3 is 3.00 bits per heavy atom. The van der Waals surface area contributed by atoms with Gasteiger partial charge in [-0.25, -0.2) is 0 Å². The van der Waals surface area contributed by atoms with Crippen LogP contribution in [-0.2, 0) is 30.9 Å². The molecule has 128 valence electrons. The van der Waals surface area contributed by atoms with Crippen LogP contribution in [0, 0.1) is 0 Å². The number of hydrogen-bond donors (Lipinski definition) is 1. The number of nitrogens with zero attached hydrogens (tertiary/aromatic N) is 3. The zero-order valence-corrected chi connectivity index (χ0v) is 14.2. The molecule has 0 amide bonds. The van der Waals surface area contributed by atoms with Gasteiger partial charge in [0.05, 0.1) is 18.5 Å². The molecule has 0 spiro atoms. The van der Waals surface area contributed by atoms with Gasteiger partial charge in [-0.3, -0.25) is 9.58 Å². The Bertz CT molecular complexity index is 649. The van der Waals surface area contributed by atoms with Gasteiger partial charge in [0.15, 0.2) is 0 Å². The average Bonchev–Trinajstić information content (AvgIpc) is 3.25. The molecule has 0 radical (unpaired) electrons. The van der Waals surface area contributed by atoms with Gasteiger partial charge in [0.1, 0.15) is 0 Å². The molecule has 0 bridgehead atoms. The number of fused-ring (bicyclic) bond motifs is 1. The van der Waals surface area contributed by atoms with Gasteiger partial charge in [-0.1, -0.05) is 30.3 Å². The Labute approximate surface area is 143 Å². The second-order valence-corrected chi connectivity index (χ2v) is 6.82. The van der Waals surface area contributed by atoms with E-state index < -0.39 is 0 Å². The summed E-state index contributed by atoms with van der Waals surface area (Å²) >= 11 is 0. The maximum absolute atomic E-state index is 5.65. The molecule has 4 rings (SSSR count). The van der Waals surface area contributed by atoms with E-state index >= 15 is 0 Å². The minimum absolute atomic E-state index is 0.392. The van der Waals surface area contributed by atoms with Crippen molar-refractivity contribution in [3.63, 3.8) is 0 Å². The molecular formula is C19H26N4O. The first kappa shape index (κ1) is 15.8. The molecule has 5 nitrogen and oxygen atoms in total. The fourth-order valence-corrected chi connectivity index (χ4v) is 3.60. The first-order valence-corrected chi connectivity index (χ1v) is 9.01. The van der Waals surface area contributed by atoms with Crippen LogP contribution in [0.1, 0.15) is 29.8 Å². The maximum Gasteiger partial charge on any atom is 0.0935 e. The average molecular weight is 326 g/mol. The van der Waals surface area contributed by atoms with Crippen LogP contribution in [0.3, 0.4) is 0 Å². The van der Waals surface area contributed by atoms with Gasteiger partial charge in [-0.2, -0.15) is 5.10 Å². The third kappa shape index (κ3) is 3.86. The van der Waals surface area contributed by atoms with Crippen molar-refractivity contribution in [2.24, 2.45) is 0 Å². The van der Waals surface area contributed by atoms with E-state index in [-0.39, 0.29) is 0 Å². The highest BCUT2D eigenvalue weighted by Gasteiger charge is 2.19. The van der Waals surface area contributed by atoms with Gasteiger partial charge in [-0.05, 0) is 24.5 Å². The van der Waals surface area contributed by atoms with E-state index in [1.54, 1.807) is 0 Å². The summed E-state index contributed by atoms with van der Waals surface area (Å²) in [6, 6.07) is 12.9. The molecule has 2 aliphatic heterocycles. The molecule has 5 heteroatoms. The van der Waals surface area contributed by atoms with Crippen molar-refractivity contribution >= 4 is 0 Å². The molecule has 1 fully saturated rings. The Balaban J connectivity index is 1.30. The molecule has 24 heavy (non-hydrogen) atoms. The van der Waals surface area contributed by atoms with Gasteiger partial charge in [-0.15, -0.1) is 0 Å². The van der Waals surface area contributed by atoms with E-state index in [1.807, 2.05) is 0 Å². The second-order valence-electron chi connectivity index (χ2n) is 6.82. The molecule has 1 saturated heterocycles. The number of hydrogen-bond acceptors (Lipinski definition) is 4. The summed E-state index contributed by atoms with van der Waals surface area (Å²) in [5, 5.41) is 8.27. The van der Waals surface area contributed by atoms with E-state index in [4.69, 9.17) is 9.84 Å². The highest BCUT2D eigenvalue weighted by molar-refractivity contribution is 5.16. The predicted octanol–water partition coefficient (Wildman–Crippen LogP) is 2.17. The Morgan fingerprint density at radius 2 is 2.17 bits per heavy atom. The number of rotatable bonds is 6. The lowest BCUT2D eigenvalue weighted by Crippen LogP contribution is -2.34. The minimum atomic E-state index is 0.392. The smallest absolute Gasteiger partial charge is 0.0935 e. The molecule has 2 aliphatic rings. The first-order chi connectivity index (χ1) is 11.9. The van der Waals surface area contributed by atoms with E-state index in [9.17, 15) is 0 Å². The number of aromatic nitrogens is 2. The molecule has 1 aromatic carbocycles. The van der Waals surface area contributed by atoms with Crippen molar-refractivity contribution in [2.75, 3.05) is 19.7 Å². The molecule has 0 aliphatic carbocycles. The number of benzene rings is 1. The number of nitrogens with one attached hydrogen (secondary N) is 1. The van der Waals surface area contributed by atoms with E-state index in [0.717, 1.165) is 51.6 Å². The van der Waals surface area contributed by atoms with Crippen LogP contribution in [-0.4, -0.2) is 40.5 Å². The summed E-state index contributed by atoms with van der Waals surface area (Å²) in [7, 11) is 0. The fraction of sp³-hybridized carbons (Fsp3) is 0.526. The lowest BCUT2D eigenvalue weighted by Gasteiger charge is -2.27. The first-order valence-electron chi connectivity index (χ1n) is 9.01. The largest absolute Gasteiger partial charge is 0.377 e. The zero-order chi connectivity index (χ0) is 16.2. The van der Waals surface area contributed by atoms with Crippen LogP contribution in [0.4, 0.5) is 0 Å². The topological polar surface area (TPSA) is 42.3 Å². The van der Waals surface area contributed by atoms with E-state index in [1.165, 1.54) is 24.1 Å². The van der Waals surface area contributed by atoms with Crippen molar-refractivity contribution in [1.82, 2.24) is 20.0 Å². The molecule has 0 saturated carbocycles. The third-order valence-corrected chi connectivity index (χ3v) is 4.88. The molecule has 2 aromatic rings. The lowest BCUT2D eigenvalue weighted by molar-refractivity contribution is 0.110. The quantitative estimate of drug-likeness (QED) is 0.883. The summed E-state index contributed by atoms with van der Waals surface area (Å²) in [6.07, 6.45) is 3.85.